The molecule has 84 valence electrons. The molecule has 0 aromatic heterocycles. The highest BCUT2D eigenvalue weighted by atomic mass is 32.2. The fourth-order valence-electron chi connectivity index (χ4n) is 1.32. The van der Waals surface area contributed by atoms with Gasteiger partial charge in [-0.1, -0.05) is 6.07 Å². The van der Waals surface area contributed by atoms with Gasteiger partial charge < -0.3 is 11.1 Å². The van der Waals surface area contributed by atoms with Crippen molar-refractivity contribution in [2.75, 3.05) is 23.9 Å². The second-order valence-electron chi connectivity index (χ2n) is 3.37. The molecule has 0 fully saturated rings. The molecule has 0 amide bonds. The van der Waals surface area contributed by atoms with Crippen LogP contribution >= 0.6 is 11.8 Å². The molecule has 1 rings (SSSR count). The van der Waals surface area contributed by atoms with Crippen LogP contribution in [0.15, 0.2) is 24.3 Å². The number of nitrogens with one attached hydrogen (secondary N) is 1. The molecule has 0 saturated carbocycles. The standard InChI is InChI=1S/C11H17FN2S/c1-15-6-5-11(8-13)14-10-4-2-3-9(12)7-10/h2-4,7,11,14H,5-6,8,13H2,1H3. The first-order valence-corrected chi connectivity index (χ1v) is 6.36. The number of nitrogens with two attached hydrogens (primary N) is 1. The van der Waals surface area contributed by atoms with E-state index in [0.29, 0.717) is 6.54 Å². The van der Waals surface area contributed by atoms with Gasteiger partial charge in [-0.15, -0.1) is 0 Å². The summed E-state index contributed by atoms with van der Waals surface area (Å²) in [6.45, 7) is 0.567. The van der Waals surface area contributed by atoms with Crippen molar-refractivity contribution in [3.8, 4) is 0 Å². The molecule has 0 bridgehead atoms. The molecule has 1 unspecified atom stereocenters. The SMILES string of the molecule is CSCCC(CN)Nc1cccc(F)c1. The highest BCUT2D eigenvalue weighted by Crippen LogP contribution is 2.12. The number of hydrogen-bond donors (Lipinski definition) is 2. The van der Waals surface area contributed by atoms with Crippen molar-refractivity contribution in [2.24, 2.45) is 5.73 Å². The van der Waals surface area contributed by atoms with Gasteiger partial charge in [-0.05, 0) is 36.6 Å². The monoisotopic (exact) mass is 228 g/mol. The molecule has 1 aromatic rings. The van der Waals surface area contributed by atoms with Gasteiger partial charge >= 0.3 is 0 Å². The largest absolute Gasteiger partial charge is 0.381 e. The smallest absolute Gasteiger partial charge is 0.125 e. The molecule has 2 nitrogen and oxygen atoms in total. The Kier molecular flexibility index (Phi) is 5.50. The third kappa shape index (κ3) is 4.53. The van der Waals surface area contributed by atoms with Crippen LogP contribution in [-0.2, 0) is 0 Å². The highest BCUT2D eigenvalue weighted by Gasteiger charge is 2.05. The van der Waals surface area contributed by atoms with Crippen molar-refractivity contribution >= 4 is 17.4 Å². The first-order chi connectivity index (χ1) is 7.26. The van der Waals surface area contributed by atoms with E-state index in [2.05, 4.69) is 11.6 Å². The average Bonchev–Trinajstić information content (AvgIpc) is 2.24. The fourth-order valence-corrected chi connectivity index (χ4v) is 1.84. The molecule has 0 saturated heterocycles. The quantitative estimate of drug-likeness (QED) is 0.784. The minimum atomic E-state index is -0.222. The molecule has 0 heterocycles. The third-order valence-electron chi connectivity index (χ3n) is 2.15. The van der Waals surface area contributed by atoms with Gasteiger partial charge in [0.05, 0.1) is 0 Å². The normalized spacial score (nSPS) is 12.5. The van der Waals surface area contributed by atoms with E-state index in [4.69, 9.17) is 5.73 Å². The lowest BCUT2D eigenvalue weighted by atomic mass is 10.2. The molecular formula is C11H17FN2S. The van der Waals surface area contributed by atoms with Crippen LogP contribution in [0.5, 0.6) is 0 Å². The van der Waals surface area contributed by atoms with E-state index in [-0.39, 0.29) is 11.9 Å². The lowest BCUT2D eigenvalue weighted by Crippen LogP contribution is -2.29. The molecule has 0 radical (unpaired) electrons. The van der Waals surface area contributed by atoms with Crippen molar-refractivity contribution in [3.63, 3.8) is 0 Å². The maximum Gasteiger partial charge on any atom is 0.125 e. The maximum atomic E-state index is 12.9. The minimum absolute atomic E-state index is 0.222. The second-order valence-corrected chi connectivity index (χ2v) is 4.35. The van der Waals surface area contributed by atoms with Crippen LogP contribution in [0.2, 0.25) is 0 Å². The van der Waals surface area contributed by atoms with Crippen LogP contribution < -0.4 is 11.1 Å². The van der Waals surface area contributed by atoms with Gasteiger partial charge in [-0.25, -0.2) is 4.39 Å². The molecule has 0 spiro atoms. The number of hydrogen-bond acceptors (Lipinski definition) is 3. The summed E-state index contributed by atoms with van der Waals surface area (Å²) in [7, 11) is 0. The summed E-state index contributed by atoms with van der Waals surface area (Å²) in [5.74, 6) is 0.838. The van der Waals surface area contributed by atoms with Gasteiger partial charge in [0, 0.05) is 18.3 Å². The van der Waals surface area contributed by atoms with E-state index >= 15 is 0 Å². The predicted octanol–water partition coefficient (Wildman–Crippen LogP) is 2.32. The first-order valence-electron chi connectivity index (χ1n) is 4.97. The molecule has 15 heavy (non-hydrogen) atoms. The fraction of sp³-hybridized carbons (Fsp3) is 0.455. The maximum absolute atomic E-state index is 12.9. The van der Waals surface area contributed by atoms with Crippen LogP contribution in [0.4, 0.5) is 10.1 Å². The van der Waals surface area contributed by atoms with Gasteiger partial charge in [0.25, 0.3) is 0 Å². The van der Waals surface area contributed by atoms with Crippen LogP contribution in [0, 0.1) is 5.82 Å². The zero-order chi connectivity index (χ0) is 11.1. The Balaban J connectivity index is 2.50. The minimum Gasteiger partial charge on any atom is -0.381 e. The summed E-state index contributed by atoms with van der Waals surface area (Å²) in [5, 5.41) is 3.23. The van der Waals surface area contributed by atoms with Crippen molar-refractivity contribution in [2.45, 2.75) is 12.5 Å². The molecule has 3 N–H and O–H groups in total. The summed E-state index contributed by atoms with van der Waals surface area (Å²) in [4.78, 5) is 0. The zero-order valence-electron chi connectivity index (χ0n) is 8.87. The number of benzene rings is 1. The van der Waals surface area contributed by atoms with Gasteiger partial charge in [0.2, 0.25) is 0 Å². The molecule has 0 aliphatic heterocycles. The van der Waals surface area contributed by atoms with Crippen molar-refractivity contribution in [1.82, 2.24) is 0 Å². The second kappa shape index (κ2) is 6.69. The molecular weight excluding hydrogens is 211 g/mol. The zero-order valence-corrected chi connectivity index (χ0v) is 9.69. The van der Waals surface area contributed by atoms with Crippen LogP contribution in [0.1, 0.15) is 6.42 Å². The average molecular weight is 228 g/mol. The molecule has 1 aromatic carbocycles. The first kappa shape index (κ1) is 12.3. The summed E-state index contributed by atoms with van der Waals surface area (Å²) < 4.78 is 12.9. The van der Waals surface area contributed by atoms with E-state index in [9.17, 15) is 4.39 Å². The van der Waals surface area contributed by atoms with E-state index in [1.165, 1.54) is 12.1 Å². The summed E-state index contributed by atoms with van der Waals surface area (Å²) in [5.41, 5.74) is 6.43. The lowest BCUT2D eigenvalue weighted by molar-refractivity contribution is 0.627. The Labute approximate surface area is 94.4 Å². The van der Waals surface area contributed by atoms with Gasteiger partial charge in [-0.3, -0.25) is 0 Å². The third-order valence-corrected chi connectivity index (χ3v) is 2.79. The number of rotatable bonds is 6. The summed E-state index contributed by atoms with van der Waals surface area (Å²) in [6, 6.07) is 6.69. The van der Waals surface area contributed by atoms with Gasteiger partial charge in [0.1, 0.15) is 5.82 Å². The Bertz CT molecular complexity index is 294. The van der Waals surface area contributed by atoms with Crippen molar-refractivity contribution in [3.05, 3.63) is 30.1 Å². The highest BCUT2D eigenvalue weighted by molar-refractivity contribution is 7.98. The lowest BCUT2D eigenvalue weighted by Gasteiger charge is -2.17. The predicted molar refractivity (Wildman–Crippen MR) is 65.9 cm³/mol. The molecule has 4 heteroatoms. The topological polar surface area (TPSA) is 38.0 Å². The Morgan fingerprint density at radius 2 is 2.33 bits per heavy atom. The number of anilines is 1. The Morgan fingerprint density at radius 3 is 2.93 bits per heavy atom. The number of thioether (sulfide) groups is 1. The van der Waals surface area contributed by atoms with E-state index < -0.39 is 0 Å². The van der Waals surface area contributed by atoms with Crippen molar-refractivity contribution in [1.29, 1.82) is 0 Å². The van der Waals surface area contributed by atoms with E-state index in [1.54, 1.807) is 17.8 Å². The van der Waals surface area contributed by atoms with Gasteiger partial charge in [0.15, 0.2) is 0 Å². The summed E-state index contributed by atoms with van der Waals surface area (Å²) >= 11 is 1.79. The molecule has 0 aliphatic rings. The van der Waals surface area contributed by atoms with Crippen LogP contribution in [0.25, 0.3) is 0 Å². The van der Waals surface area contributed by atoms with E-state index in [0.717, 1.165) is 17.9 Å². The molecule has 0 aliphatic carbocycles. The number of halogens is 1. The Hall–Kier alpha value is -0.740. The Morgan fingerprint density at radius 1 is 1.53 bits per heavy atom. The molecule has 1 atom stereocenters. The van der Waals surface area contributed by atoms with Gasteiger partial charge in [-0.2, -0.15) is 11.8 Å². The van der Waals surface area contributed by atoms with Crippen molar-refractivity contribution < 1.29 is 4.39 Å². The van der Waals surface area contributed by atoms with E-state index in [1.807, 2.05) is 6.07 Å². The summed E-state index contributed by atoms with van der Waals surface area (Å²) in [6.07, 6.45) is 3.06. The van der Waals surface area contributed by atoms with Crippen LogP contribution in [-0.4, -0.2) is 24.6 Å². The van der Waals surface area contributed by atoms with Crippen LogP contribution in [0.3, 0.4) is 0 Å².